The average Bonchev–Trinajstić information content (AvgIpc) is 3.00. The number of thioether (sulfide) groups is 1. The van der Waals surface area contributed by atoms with Crippen LogP contribution in [-0.2, 0) is 10.7 Å². The van der Waals surface area contributed by atoms with Crippen LogP contribution in [0.25, 0.3) is 5.69 Å². The second-order valence-electron chi connectivity index (χ2n) is 5.62. The molecule has 1 N–H and O–H groups in total. The zero-order chi connectivity index (χ0) is 19.4. The average molecular weight is 406 g/mol. The van der Waals surface area contributed by atoms with E-state index in [2.05, 4.69) is 5.10 Å². The molecule has 3 aromatic rings. The number of carboxylic acids is 1. The molecule has 9 heteroatoms. The van der Waals surface area contributed by atoms with Gasteiger partial charge in [0, 0.05) is 4.90 Å². The van der Waals surface area contributed by atoms with Gasteiger partial charge in [0.1, 0.15) is 12.1 Å². The Morgan fingerprint density at radius 1 is 1.30 bits per heavy atom. The molecular formula is C18H16ClN3O4S. The number of halogens is 1. The summed E-state index contributed by atoms with van der Waals surface area (Å²) in [7, 11) is 0. The number of rotatable bonds is 7. The maximum absolute atomic E-state index is 12.5. The van der Waals surface area contributed by atoms with Gasteiger partial charge in [0.25, 0.3) is 0 Å². The summed E-state index contributed by atoms with van der Waals surface area (Å²) in [6.07, 6.45) is 1.44. The van der Waals surface area contributed by atoms with Gasteiger partial charge in [-0.15, -0.1) is 11.8 Å². The van der Waals surface area contributed by atoms with E-state index in [9.17, 15) is 9.59 Å². The quantitative estimate of drug-likeness (QED) is 0.607. The molecule has 0 bridgehead atoms. The summed E-state index contributed by atoms with van der Waals surface area (Å²) in [5.41, 5.74) is 1.11. The molecule has 140 valence electrons. The van der Waals surface area contributed by atoms with Gasteiger partial charge in [-0.1, -0.05) is 23.7 Å². The molecule has 1 heterocycles. The molecule has 2 aromatic carbocycles. The standard InChI is InChI=1S/C18H16ClN3O4S/c1-12-8-13(6-7-16(12)26-9-17(23)24)27-11-22-18(25)21(10-20-22)15-5-3-2-4-14(15)19/h2-8,10H,9,11H2,1H3,(H,23,24). The number of nitrogens with zero attached hydrogens (tertiary/aromatic N) is 3. The fraction of sp³-hybridized carbons (Fsp3) is 0.167. The van der Waals surface area contributed by atoms with Gasteiger partial charge in [-0.25, -0.2) is 18.8 Å². The van der Waals surface area contributed by atoms with E-state index in [0.29, 0.717) is 22.3 Å². The Labute approximate surface area is 164 Å². The monoisotopic (exact) mass is 405 g/mol. The van der Waals surface area contributed by atoms with Crippen LogP contribution in [0.5, 0.6) is 5.75 Å². The molecule has 0 aliphatic heterocycles. The van der Waals surface area contributed by atoms with Crippen LogP contribution in [0.1, 0.15) is 5.56 Å². The minimum Gasteiger partial charge on any atom is -0.482 e. The highest BCUT2D eigenvalue weighted by atomic mass is 35.5. The van der Waals surface area contributed by atoms with Crippen LogP contribution in [0.4, 0.5) is 0 Å². The lowest BCUT2D eigenvalue weighted by atomic mass is 10.2. The summed E-state index contributed by atoms with van der Waals surface area (Å²) in [5.74, 6) is -0.186. The molecule has 0 atom stereocenters. The van der Waals surface area contributed by atoms with Gasteiger partial charge in [0.15, 0.2) is 6.61 Å². The highest BCUT2D eigenvalue weighted by molar-refractivity contribution is 7.98. The number of aromatic nitrogens is 3. The molecule has 0 saturated heterocycles. The molecule has 0 aliphatic rings. The van der Waals surface area contributed by atoms with Crippen molar-refractivity contribution in [1.29, 1.82) is 0 Å². The lowest BCUT2D eigenvalue weighted by Crippen LogP contribution is -2.23. The molecule has 0 unspecified atom stereocenters. The Morgan fingerprint density at radius 2 is 2.07 bits per heavy atom. The second kappa shape index (κ2) is 8.32. The van der Waals surface area contributed by atoms with Crippen LogP contribution in [0.15, 0.2) is 58.5 Å². The number of carboxylic acid groups (broad SMARTS) is 1. The topological polar surface area (TPSA) is 86.4 Å². The van der Waals surface area contributed by atoms with Crippen LogP contribution in [-0.4, -0.2) is 32.0 Å². The van der Waals surface area contributed by atoms with E-state index in [1.165, 1.54) is 27.3 Å². The SMILES string of the molecule is Cc1cc(SCn2ncn(-c3ccccc3Cl)c2=O)ccc1OCC(=O)O. The lowest BCUT2D eigenvalue weighted by molar-refractivity contribution is -0.139. The van der Waals surface area contributed by atoms with Crippen molar-refractivity contribution in [3.05, 3.63) is 69.9 Å². The molecule has 3 rings (SSSR count). The Kier molecular flexibility index (Phi) is 5.88. The van der Waals surface area contributed by atoms with E-state index in [4.69, 9.17) is 21.4 Å². The van der Waals surface area contributed by atoms with Crippen molar-refractivity contribution >= 4 is 29.3 Å². The Balaban J connectivity index is 1.71. The zero-order valence-corrected chi connectivity index (χ0v) is 15.9. The van der Waals surface area contributed by atoms with Crippen molar-refractivity contribution in [2.45, 2.75) is 17.7 Å². The molecule has 0 fully saturated rings. The third kappa shape index (κ3) is 4.53. The molecule has 27 heavy (non-hydrogen) atoms. The number of benzene rings is 2. The van der Waals surface area contributed by atoms with Gasteiger partial charge in [-0.2, -0.15) is 5.10 Å². The van der Waals surface area contributed by atoms with Crippen LogP contribution in [0.3, 0.4) is 0 Å². The fourth-order valence-corrected chi connectivity index (χ4v) is 3.49. The fourth-order valence-electron chi connectivity index (χ4n) is 2.39. The summed E-state index contributed by atoms with van der Waals surface area (Å²) in [4.78, 5) is 24.0. The highest BCUT2D eigenvalue weighted by Gasteiger charge is 2.10. The van der Waals surface area contributed by atoms with E-state index >= 15 is 0 Å². The first kappa shape index (κ1) is 19.1. The van der Waals surface area contributed by atoms with Crippen LogP contribution >= 0.6 is 23.4 Å². The summed E-state index contributed by atoms with van der Waals surface area (Å²) < 4.78 is 7.95. The minimum absolute atomic E-state index is 0.284. The maximum atomic E-state index is 12.5. The smallest absolute Gasteiger partial charge is 0.351 e. The summed E-state index contributed by atoms with van der Waals surface area (Å²) in [6.45, 7) is 1.45. The molecule has 0 aliphatic carbocycles. The predicted molar refractivity (Wildman–Crippen MR) is 103 cm³/mol. The van der Waals surface area contributed by atoms with Crippen molar-refractivity contribution in [3.8, 4) is 11.4 Å². The third-order valence-electron chi connectivity index (χ3n) is 3.70. The minimum atomic E-state index is -1.03. The number of ether oxygens (including phenoxy) is 1. The molecule has 0 radical (unpaired) electrons. The summed E-state index contributed by atoms with van der Waals surface area (Å²) in [5, 5.41) is 13.3. The normalized spacial score (nSPS) is 10.7. The van der Waals surface area contributed by atoms with Crippen LogP contribution in [0.2, 0.25) is 5.02 Å². The molecule has 1 aromatic heterocycles. The van der Waals surface area contributed by atoms with E-state index in [1.54, 1.807) is 30.3 Å². The number of carbonyl (C=O) groups is 1. The van der Waals surface area contributed by atoms with E-state index < -0.39 is 5.97 Å². The van der Waals surface area contributed by atoms with Gasteiger partial charge in [0.05, 0.1) is 16.6 Å². The zero-order valence-electron chi connectivity index (χ0n) is 14.3. The van der Waals surface area contributed by atoms with Crippen molar-refractivity contribution in [2.24, 2.45) is 0 Å². The molecular weight excluding hydrogens is 390 g/mol. The largest absolute Gasteiger partial charge is 0.482 e. The van der Waals surface area contributed by atoms with Crippen molar-refractivity contribution in [1.82, 2.24) is 14.3 Å². The van der Waals surface area contributed by atoms with E-state index in [0.717, 1.165) is 10.5 Å². The van der Waals surface area contributed by atoms with Gasteiger partial charge >= 0.3 is 11.7 Å². The first-order chi connectivity index (χ1) is 13.0. The van der Waals surface area contributed by atoms with E-state index in [1.807, 2.05) is 19.1 Å². The first-order valence-corrected chi connectivity index (χ1v) is 9.29. The van der Waals surface area contributed by atoms with Crippen molar-refractivity contribution in [3.63, 3.8) is 0 Å². The molecule has 0 spiro atoms. The number of hydrogen-bond donors (Lipinski definition) is 1. The highest BCUT2D eigenvalue weighted by Crippen LogP contribution is 2.26. The number of aliphatic carboxylic acids is 1. The Hall–Kier alpha value is -2.71. The van der Waals surface area contributed by atoms with E-state index in [-0.39, 0.29) is 12.3 Å². The molecule has 0 saturated carbocycles. The lowest BCUT2D eigenvalue weighted by Gasteiger charge is -2.09. The summed E-state index contributed by atoms with van der Waals surface area (Å²) >= 11 is 7.57. The van der Waals surface area contributed by atoms with Crippen LogP contribution < -0.4 is 10.4 Å². The maximum Gasteiger partial charge on any atom is 0.351 e. The van der Waals surface area contributed by atoms with Crippen molar-refractivity contribution < 1.29 is 14.6 Å². The second-order valence-corrected chi connectivity index (χ2v) is 7.04. The molecule has 7 nitrogen and oxygen atoms in total. The Bertz CT molecular complexity index is 1030. The van der Waals surface area contributed by atoms with Gasteiger partial charge < -0.3 is 9.84 Å². The predicted octanol–water partition coefficient (Wildman–Crippen LogP) is 3.21. The van der Waals surface area contributed by atoms with Gasteiger partial charge in [-0.3, -0.25) is 0 Å². The van der Waals surface area contributed by atoms with Gasteiger partial charge in [0.2, 0.25) is 0 Å². The third-order valence-corrected chi connectivity index (χ3v) is 4.98. The number of para-hydroxylation sites is 1. The molecule has 0 amide bonds. The van der Waals surface area contributed by atoms with Gasteiger partial charge in [-0.05, 0) is 42.8 Å². The number of aryl methyl sites for hydroxylation is 1. The first-order valence-electron chi connectivity index (χ1n) is 7.93. The summed E-state index contributed by atoms with van der Waals surface area (Å²) in [6, 6.07) is 12.5. The van der Waals surface area contributed by atoms with Crippen molar-refractivity contribution in [2.75, 3.05) is 6.61 Å². The number of hydrogen-bond acceptors (Lipinski definition) is 5. The Morgan fingerprint density at radius 3 is 2.78 bits per heavy atom. The van der Waals surface area contributed by atoms with Crippen LogP contribution in [0, 0.1) is 6.92 Å².